The third-order valence-electron chi connectivity index (χ3n) is 4.70. The van der Waals surface area contributed by atoms with E-state index in [2.05, 4.69) is 16.8 Å². The quantitative estimate of drug-likeness (QED) is 0.843. The van der Waals surface area contributed by atoms with Gasteiger partial charge in [-0.05, 0) is 44.4 Å². The second-order valence-corrected chi connectivity index (χ2v) is 5.91. The van der Waals surface area contributed by atoms with Crippen molar-refractivity contribution in [3.63, 3.8) is 0 Å². The number of piperidine rings is 2. The standard InChI is InChI=1S/C16H23N3O2/c1-3-18-10-12-6-8-19(14(9-12)16(18)20)11-13-15(21-2)5-4-7-17-13/h4-5,7,12,14H,3,6,8-11H2,1-2H3/t12-,14+/m0/s1. The lowest BCUT2D eigenvalue weighted by Crippen LogP contribution is -2.58. The monoisotopic (exact) mass is 289 g/mol. The lowest BCUT2D eigenvalue weighted by molar-refractivity contribution is -0.145. The smallest absolute Gasteiger partial charge is 0.239 e. The average Bonchev–Trinajstić information content (AvgIpc) is 2.53. The van der Waals surface area contributed by atoms with Crippen LogP contribution in [-0.2, 0) is 11.3 Å². The second kappa shape index (κ2) is 6.02. The molecule has 3 rings (SSSR count). The van der Waals surface area contributed by atoms with Gasteiger partial charge in [-0.25, -0.2) is 0 Å². The van der Waals surface area contributed by atoms with Crippen molar-refractivity contribution in [1.29, 1.82) is 0 Å². The number of hydrogen-bond donors (Lipinski definition) is 0. The Kier molecular flexibility index (Phi) is 4.10. The van der Waals surface area contributed by atoms with Crippen molar-refractivity contribution < 1.29 is 9.53 Å². The van der Waals surface area contributed by atoms with Gasteiger partial charge in [-0.15, -0.1) is 0 Å². The first-order valence-corrected chi connectivity index (χ1v) is 7.73. The van der Waals surface area contributed by atoms with Gasteiger partial charge >= 0.3 is 0 Å². The van der Waals surface area contributed by atoms with Gasteiger partial charge in [-0.3, -0.25) is 14.7 Å². The minimum atomic E-state index is 0.0177. The third-order valence-corrected chi connectivity index (χ3v) is 4.70. The Morgan fingerprint density at radius 3 is 3.10 bits per heavy atom. The number of hydrogen-bond acceptors (Lipinski definition) is 4. The van der Waals surface area contributed by atoms with Crippen molar-refractivity contribution in [2.24, 2.45) is 5.92 Å². The molecule has 5 nitrogen and oxygen atoms in total. The average molecular weight is 289 g/mol. The lowest BCUT2D eigenvalue weighted by atomic mass is 9.86. The highest BCUT2D eigenvalue weighted by atomic mass is 16.5. The Morgan fingerprint density at radius 2 is 2.33 bits per heavy atom. The Balaban J connectivity index is 1.78. The van der Waals surface area contributed by atoms with E-state index in [1.807, 2.05) is 17.0 Å². The summed E-state index contributed by atoms with van der Waals surface area (Å²) in [6, 6.07) is 3.82. The van der Waals surface area contributed by atoms with Crippen LogP contribution >= 0.6 is 0 Å². The van der Waals surface area contributed by atoms with Crippen molar-refractivity contribution in [2.75, 3.05) is 26.7 Å². The number of aromatic nitrogens is 1. The summed E-state index contributed by atoms with van der Waals surface area (Å²) in [4.78, 5) is 21.2. The van der Waals surface area contributed by atoms with Crippen LogP contribution in [0.2, 0.25) is 0 Å². The molecule has 0 unspecified atom stereocenters. The number of likely N-dealkylation sites (tertiary alicyclic amines) is 2. The van der Waals surface area contributed by atoms with Crippen LogP contribution in [0.3, 0.4) is 0 Å². The number of rotatable bonds is 4. The Morgan fingerprint density at radius 1 is 1.48 bits per heavy atom. The van der Waals surface area contributed by atoms with Crippen molar-refractivity contribution in [1.82, 2.24) is 14.8 Å². The molecule has 114 valence electrons. The van der Waals surface area contributed by atoms with E-state index in [-0.39, 0.29) is 11.9 Å². The van der Waals surface area contributed by atoms with Gasteiger partial charge in [0.05, 0.1) is 18.8 Å². The number of carbonyl (C=O) groups excluding carboxylic acids is 1. The molecule has 1 amide bonds. The van der Waals surface area contributed by atoms with Crippen LogP contribution in [0.25, 0.3) is 0 Å². The van der Waals surface area contributed by atoms with Crippen LogP contribution in [-0.4, -0.2) is 53.5 Å². The van der Waals surface area contributed by atoms with Gasteiger partial charge < -0.3 is 9.64 Å². The molecule has 2 aliphatic rings. The number of amides is 1. The number of pyridine rings is 1. The molecule has 0 N–H and O–H groups in total. The van der Waals surface area contributed by atoms with Gasteiger partial charge in [-0.2, -0.15) is 0 Å². The molecule has 0 aliphatic carbocycles. The van der Waals surface area contributed by atoms with Crippen molar-refractivity contribution in [2.45, 2.75) is 32.4 Å². The van der Waals surface area contributed by atoms with Crippen molar-refractivity contribution in [3.05, 3.63) is 24.0 Å². The molecule has 2 aliphatic heterocycles. The molecule has 2 saturated heterocycles. The molecule has 3 heterocycles. The molecule has 0 aromatic carbocycles. The highest BCUT2D eigenvalue weighted by molar-refractivity contribution is 5.83. The van der Waals surface area contributed by atoms with E-state index in [9.17, 15) is 4.79 Å². The number of ether oxygens (including phenoxy) is 1. The Hall–Kier alpha value is -1.62. The minimum absolute atomic E-state index is 0.0177. The molecule has 2 fully saturated rings. The molecule has 21 heavy (non-hydrogen) atoms. The molecule has 2 atom stereocenters. The third kappa shape index (κ3) is 2.75. The van der Waals surface area contributed by atoms with Crippen LogP contribution in [0.5, 0.6) is 5.75 Å². The minimum Gasteiger partial charge on any atom is -0.495 e. The molecule has 0 spiro atoms. The summed E-state index contributed by atoms with van der Waals surface area (Å²) >= 11 is 0. The van der Waals surface area contributed by atoms with Gasteiger partial charge in [-0.1, -0.05) is 0 Å². The van der Waals surface area contributed by atoms with Crippen molar-refractivity contribution >= 4 is 5.91 Å². The maximum atomic E-state index is 12.6. The first-order chi connectivity index (χ1) is 10.2. The fourth-order valence-corrected chi connectivity index (χ4v) is 3.52. The van der Waals surface area contributed by atoms with Crippen LogP contribution < -0.4 is 4.74 Å². The van der Waals surface area contributed by atoms with Crippen molar-refractivity contribution in [3.8, 4) is 5.75 Å². The number of nitrogens with zero attached hydrogens (tertiary/aromatic N) is 3. The molecule has 1 aromatic rings. The zero-order valence-corrected chi connectivity index (χ0v) is 12.8. The van der Waals surface area contributed by atoms with Gasteiger partial charge in [0.1, 0.15) is 5.75 Å². The first kappa shape index (κ1) is 14.3. The predicted octanol–water partition coefficient (Wildman–Crippen LogP) is 1.53. The molecule has 0 saturated carbocycles. The summed E-state index contributed by atoms with van der Waals surface area (Å²) < 4.78 is 5.38. The van der Waals surface area contributed by atoms with Gasteiger partial charge in [0.15, 0.2) is 0 Å². The van der Waals surface area contributed by atoms with E-state index >= 15 is 0 Å². The van der Waals surface area contributed by atoms with E-state index in [4.69, 9.17) is 4.74 Å². The number of likely N-dealkylation sites (N-methyl/N-ethyl adjacent to an activating group) is 1. The first-order valence-electron chi connectivity index (χ1n) is 7.73. The molecule has 0 radical (unpaired) electrons. The van der Waals surface area contributed by atoms with E-state index in [0.717, 1.165) is 43.9 Å². The topological polar surface area (TPSA) is 45.7 Å². The number of carbonyl (C=O) groups is 1. The summed E-state index contributed by atoms with van der Waals surface area (Å²) in [6.07, 6.45) is 3.94. The van der Waals surface area contributed by atoms with Gasteiger partial charge in [0.2, 0.25) is 5.91 Å². The van der Waals surface area contributed by atoms with Crippen LogP contribution in [0.15, 0.2) is 18.3 Å². The van der Waals surface area contributed by atoms with Gasteiger partial charge in [0.25, 0.3) is 0 Å². The zero-order chi connectivity index (χ0) is 14.8. The summed E-state index contributed by atoms with van der Waals surface area (Å²) in [5.74, 6) is 1.74. The van der Waals surface area contributed by atoms with E-state index < -0.39 is 0 Å². The zero-order valence-electron chi connectivity index (χ0n) is 12.8. The summed E-state index contributed by atoms with van der Waals surface area (Å²) in [7, 11) is 1.66. The molecule has 5 heteroatoms. The Labute approximate surface area is 125 Å². The largest absolute Gasteiger partial charge is 0.495 e. The SMILES string of the molecule is CCN1C[C@H]2CCN(Cc3ncccc3OC)[C@H](C2)C1=O. The van der Waals surface area contributed by atoms with Crippen LogP contribution in [0.1, 0.15) is 25.5 Å². The van der Waals surface area contributed by atoms with Gasteiger partial charge in [0, 0.05) is 25.8 Å². The van der Waals surface area contributed by atoms with Crippen LogP contribution in [0.4, 0.5) is 0 Å². The summed E-state index contributed by atoms with van der Waals surface area (Å²) in [5, 5.41) is 0. The fourth-order valence-electron chi connectivity index (χ4n) is 3.52. The Bertz CT molecular complexity index is 520. The summed E-state index contributed by atoms with van der Waals surface area (Å²) in [5.41, 5.74) is 0.917. The molecule has 1 aromatic heterocycles. The van der Waals surface area contributed by atoms with E-state index in [1.54, 1.807) is 13.3 Å². The molecule has 2 bridgehead atoms. The highest BCUT2D eigenvalue weighted by Crippen LogP contribution is 2.31. The van der Waals surface area contributed by atoms with E-state index in [1.165, 1.54) is 0 Å². The maximum Gasteiger partial charge on any atom is 0.239 e. The fraction of sp³-hybridized carbons (Fsp3) is 0.625. The predicted molar refractivity (Wildman–Crippen MR) is 80.0 cm³/mol. The summed E-state index contributed by atoms with van der Waals surface area (Å²) in [6.45, 7) is 5.47. The molecular weight excluding hydrogens is 266 g/mol. The number of fused-ring (bicyclic) bond motifs is 2. The second-order valence-electron chi connectivity index (χ2n) is 5.91. The highest BCUT2D eigenvalue weighted by Gasteiger charge is 2.40. The normalized spacial score (nSPS) is 26.0. The number of methoxy groups -OCH3 is 1. The van der Waals surface area contributed by atoms with E-state index in [0.29, 0.717) is 12.5 Å². The molecular formula is C16H23N3O2. The maximum absolute atomic E-state index is 12.6. The lowest BCUT2D eigenvalue weighted by Gasteiger charge is -2.46. The van der Waals surface area contributed by atoms with Crippen LogP contribution in [0, 0.1) is 5.92 Å².